The maximum Gasteiger partial charge on any atom is 0.134 e. The number of para-hydroxylation sites is 1. The summed E-state index contributed by atoms with van der Waals surface area (Å²) in [6.07, 6.45) is 1.08. The van der Waals surface area contributed by atoms with Gasteiger partial charge in [-0.2, -0.15) is 0 Å². The van der Waals surface area contributed by atoms with Gasteiger partial charge < -0.3 is 10.1 Å². The van der Waals surface area contributed by atoms with Crippen LogP contribution in [0.1, 0.15) is 20.3 Å². The van der Waals surface area contributed by atoms with Crippen LogP contribution in [0, 0.1) is 5.92 Å². The minimum Gasteiger partial charge on any atom is -0.495 e. The second-order valence-electron chi connectivity index (χ2n) is 4.44. The summed E-state index contributed by atoms with van der Waals surface area (Å²) < 4.78 is 17.7. The van der Waals surface area contributed by atoms with E-state index in [4.69, 9.17) is 4.74 Å². The van der Waals surface area contributed by atoms with E-state index in [0.29, 0.717) is 17.4 Å². The number of rotatable bonds is 7. The average Bonchev–Trinajstić information content (AvgIpc) is 2.43. The topological polar surface area (TPSA) is 38.3 Å². The van der Waals surface area contributed by atoms with Crippen molar-refractivity contribution in [2.75, 3.05) is 19.9 Å². The third-order valence-electron chi connectivity index (χ3n) is 3.35. The van der Waals surface area contributed by atoms with Crippen molar-refractivity contribution in [3.05, 3.63) is 24.3 Å². The van der Waals surface area contributed by atoms with Crippen LogP contribution in [-0.2, 0) is 10.8 Å². The molecule has 3 atom stereocenters. The van der Waals surface area contributed by atoms with Crippen LogP contribution >= 0.6 is 0 Å². The Balaban J connectivity index is 2.81. The molecule has 0 saturated carbocycles. The first-order valence-corrected chi connectivity index (χ1v) is 7.64. The molecule has 0 saturated heterocycles. The molecule has 3 nitrogen and oxygen atoms in total. The van der Waals surface area contributed by atoms with Crippen LogP contribution in [0.3, 0.4) is 0 Å². The molecule has 1 aromatic carbocycles. The second kappa shape index (κ2) is 7.54. The Hall–Kier alpha value is -0.870. The minimum absolute atomic E-state index is 0.265. The van der Waals surface area contributed by atoms with Gasteiger partial charge in [-0.15, -0.1) is 0 Å². The number of methoxy groups -OCH3 is 1. The van der Waals surface area contributed by atoms with Crippen LogP contribution < -0.4 is 10.1 Å². The Morgan fingerprint density at radius 2 is 2.06 bits per heavy atom. The van der Waals surface area contributed by atoms with Crippen LogP contribution in [0.5, 0.6) is 5.75 Å². The van der Waals surface area contributed by atoms with E-state index >= 15 is 0 Å². The predicted molar refractivity (Wildman–Crippen MR) is 76.6 cm³/mol. The zero-order valence-electron chi connectivity index (χ0n) is 11.6. The van der Waals surface area contributed by atoms with Gasteiger partial charge in [0.05, 0.1) is 22.8 Å². The molecule has 18 heavy (non-hydrogen) atoms. The molecule has 3 unspecified atom stereocenters. The summed E-state index contributed by atoms with van der Waals surface area (Å²) in [6.45, 7) is 4.33. The third-order valence-corrected chi connectivity index (χ3v) is 4.84. The molecule has 102 valence electrons. The molecule has 1 rings (SSSR count). The van der Waals surface area contributed by atoms with Crippen LogP contribution in [0.4, 0.5) is 0 Å². The molecule has 0 aliphatic rings. The van der Waals surface area contributed by atoms with Gasteiger partial charge in [0.15, 0.2) is 0 Å². The van der Waals surface area contributed by atoms with Gasteiger partial charge in [-0.25, -0.2) is 0 Å². The summed E-state index contributed by atoms with van der Waals surface area (Å²) in [4.78, 5) is 0.781. The molecule has 0 radical (unpaired) electrons. The van der Waals surface area contributed by atoms with Gasteiger partial charge in [-0.05, 0) is 25.1 Å². The molecule has 1 aromatic rings. The number of hydrogen-bond donors (Lipinski definition) is 1. The quantitative estimate of drug-likeness (QED) is 0.826. The monoisotopic (exact) mass is 269 g/mol. The first-order chi connectivity index (χ1) is 8.63. The molecule has 0 aromatic heterocycles. The van der Waals surface area contributed by atoms with Gasteiger partial charge in [-0.1, -0.05) is 32.4 Å². The number of ether oxygens (including phenoxy) is 1. The molecular weight excluding hydrogens is 246 g/mol. The fraction of sp³-hybridized carbons (Fsp3) is 0.571. The van der Waals surface area contributed by atoms with E-state index in [1.807, 2.05) is 31.3 Å². The first kappa shape index (κ1) is 15.2. The lowest BCUT2D eigenvalue weighted by molar-refractivity contribution is 0.402. The number of hydrogen-bond acceptors (Lipinski definition) is 3. The highest BCUT2D eigenvalue weighted by Crippen LogP contribution is 2.22. The highest BCUT2D eigenvalue weighted by Gasteiger charge is 2.19. The highest BCUT2D eigenvalue weighted by atomic mass is 32.2. The zero-order chi connectivity index (χ0) is 13.5. The van der Waals surface area contributed by atoms with Gasteiger partial charge in [0.25, 0.3) is 0 Å². The Labute approximate surface area is 112 Å². The van der Waals surface area contributed by atoms with Gasteiger partial charge in [-0.3, -0.25) is 4.21 Å². The van der Waals surface area contributed by atoms with Crippen molar-refractivity contribution in [1.82, 2.24) is 5.32 Å². The summed E-state index contributed by atoms with van der Waals surface area (Å²) in [5, 5.41) is 3.26. The fourth-order valence-corrected chi connectivity index (χ4v) is 3.48. The lowest BCUT2D eigenvalue weighted by atomic mass is 10.0. The van der Waals surface area contributed by atoms with Crippen LogP contribution in [-0.4, -0.2) is 30.2 Å². The SMILES string of the molecule is CCC(C)C(CS(=O)c1ccccc1OC)NC. The number of nitrogens with one attached hydrogen (secondary N) is 1. The largest absolute Gasteiger partial charge is 0.495 e. The van der Waals surface area contributed by atoms with Crippen molar-refractivity contribution in [2.45, 2.75) is 31.2 Å². The van der Waals surface area contributed by atoms with Crippen molar-refractivity contribution in [2.24, 2.45) is 5.92 Å². The van der Waals surface area contributed by atoms with Crippen LogP contribution in [0.15, 0.2) is 29.2 Å². The molecular formula is C14H23NO2S. The van der Waals surface area contributed by atoms with Gasteiger partial charge in [0.1, 0.15) is 5.75 Å². The van der Waals surface area contributed by atoms with Crippen molar-refractivity contribution in [3.8, 4) is 5.75 Å². The van der Waals surface area contributed by atoms with Crippen molar-refractivity contribution >= 4 is 10.8 Å². The molecule has 0 spiro atoms. The van der Waals surface area contributed by atoms with E-state index in [1.165, 1.54) is 0 Å². The van der Waals surface area contributed by atoms with Crippen LogP contribution in [0.25, 0.3) is 0 Å². The lowest BCUT2D eigenvalue weighted by Crippen LogP contribution is -2.36. The predicted octanol–water partition coefficient (Wildman–Crippen LogP) is 2.44. The van der Waals surface area contributed by atoms with Crippen LogP contribution in [0.2, 0.25) is 0 Å². The van der Waals surface area contributed by atoms with Gasteiger partial charge in [0, 0.05) is 11.8 Å². The molecule has 1 N–H and O–H groups in total. The Bertz CT molecular complexity index is 395. The Kier molecular flexibility index (Phi) is 6.36. The van der Waals surface area contributed by atoms with Gasteiger partial charge in [0.2, 0.25) is 0 Å². The van der Waals surface area contributed by atoms with E-state index in [1.54, 1.807) is 7.11 Å². The Morgan fingerprint density at radius 3 is 2.61 bits per heavy atom. The molecule has 0 heterocycles. The summed E-state index contributed by atoms with van der Waals surface area (Å²) in [7, 11) is 2.50. The van der Waals surface area contributed by atoms with E-state index in [9.17, 15) is 4.21 Å². The Morgan fingerprint density at radius 1 is 1.39 bits per heavy atom. The molecule has 0 fully saturated rings. The van der Waals surface area contributed by atoms with Gasteiger partial charge >= 0.3 is 0 Å². The molecule has 4 heteroatoms. The fourth-order valence-electron chi connectivity index (χ4n) is 1.88. The molecule has 0 aliphatic carbocycles. The normalized spacial score (nSPS) is 16.0. The van der Waals surface area contributed by atoms with E-state index < -0.39 is 10.8 Å². The van der Waals surface area contributed by atoms with E-state index in [-0.39, 0.29) is 6.04 Å². The zero-order valence-corrected chi connectivity index (χ0v) is 12.4. The first-order valence-electron chi connectivity index (χ1n) is 6.32. The highest BCUT2D eigenvalue weighted by molar-refractivity contribution is 7.85. The smallest absolute Gasteiger partial charge is 0.134 e. The maximum atomic E-state index is 12.4. The summed E-state index contributed by atoms with van der Waals surface area (Å²) in [5.74, 6) is 1.83. The summed E-state index contributed by atoms with van der Waals surface area (Å²) in [6, 6.07) is 7.78. The standard InChI is InChI=1S/C14H23NO2S/c1-5-11(2)12(15-3)10-18(16)14-9-7-6-8-13(14)17-4/h6-9,11-12,15H,5,10H2,1-4H3. The third kappa shape index (κ3) is 3.82. The second-order valence-corrected chi connectivity index (χ2v) is 5.91. The van der Waals surface area contributed by atoms with Crippen molar-refractivity contribution in [1.29, 1.82) is 0 Å². The molecule has 0 bridgehead atoms. The average molecular weight is 269 g/mol. The van der Waals surface area contributed by atoms with E-state index in [0.717, 1.165) is 11.3 Å². The minimum atomic E-state index is -1.03. The van der Waals surface area contributed by atoms with E-state index in [2.05, 4.69) is 19.2 Å². The molecule has 0 amide bonds. The lowest BCUT2D eigenvalue weighted by Gasteiger charge is -2.22. The number of benzene rings is 1. The maximum absolute atomic E-state index is 12.4. The van der Waals surface area contributed by atoms with Crippen molar-refractivity contribution in [3.63, 3.8) is 0 Å². The molecule has 0 aliphatic heterocycles. The van der Waals surface area contributed by atoms with Crippen molar-refractivity contribution < 1.29 is 8.95 Å². The summed E-state index contributed by atoms with van der Waals surface area (Å²) >= 11 is 0. The summed E-state index contributed by atoms with van der Waals surface area (Å²) in [5.41, 5.74) is 0.